The molecule has 1 aromatic carbocycles. The Morgan fingerprint density at radius 1 is 1.35 bits per heavy atom. The minimum absolute atomic E-state index is 0.648. The number of aromatic nitrogens is 3. The average molecular weight is 308 g/mol. The quantitative estimate of drug-likeness (QED) is 0.736. The fraction of sp³-hybridized carbons (Fsp3) is 0.467. The smallest absolute Gasteiger partial charge is 0.191 e. The third-order valence-corrected chi connectivity index (χ3v) is 4.67. The fourth-order valence-electron chi connectivity index (χ4n) is 2.26. The van der Waals surface area contributed by atoms with Crippen molar-refractivity contribution < 1.29 is 0 Å². The van der Waals surface area contributed by atoms with Crippen molar-refractivity contribution in [3.05, 3.63) is 40.7 Å². The molecule has 0 bridgehead atoms. The van der Waals surface area contributed by atoms with E-state index in [2.05, 4.69) is 27.8 Å². The second-order valence-corrected chi connectivity index (χ2v) is 6.56. The summed E-state index contributed by atoms with van der Waals surface area (Å²) in [6, 6.07) is 8.00. The molecule has 106 valence electrons. The lowest BCUT2D eigenvalue weighted by Gasteiger charge is -2.08. The third-order valence-electron chi connectivity index (χ3n) is 3.39. The van der Waals surface area contributed by atoms with Gasteiger partial charge < -0.3 is 4.57 Å². The molecule has 1 saturated carbocycles. The number of halogens is 1. The Morgan fingerprint density at radius 2 is 2.20 bits per heavy atom. The molecule has 3 rings (SSSR count). The Balaban J connectivity index is 1.73. The first-order valence-corrected chi connectivity index (χ1v) is 8.44. The molecule has 0 amide bonds. The summed E-state index contributed by atoms with van der Waals surface area (Å²) in [6.45, 7) is 3.21. The highest BCUT2D eigenvalue weighted by Crippen LogP contribution is 2.40. The molecule has 1 aromatic heterocycles. The van der Waals surface area contributed by atoms with Crippen molar-refractivity contribution in [2.24, 2.45) is 0 Å². The number of benzene rings is 1. The van der Waals surface area contributed by atoms with E-state index in [-0.39, 0.29) is 0 Å². The molecule has 1 aliphatic rings. The summed E-state index contributed by atoms with van der Waals surface area (Å²) in [5.41, 5.74) is 1.22. The van der Waals surface area contributed by atoms with Gasteiger partial charge in [-0.25, -0.2) is 0 Å². The minimum atomic E-state index is 0.648. The maximum absolute atomic E-state index is 6.02. The van der Waals surface area contributed by atoms with Gasteiger partial charge in [0.25, 0.3) is 0 Å². The number of rotatable bonds is 6. The van der Waals surface area contributed by atoms with Gasteiger partial charge >= 0.3 is 0 Å². The van der Waals surface area contributed by atoms with Crippen LogP contribution in [0, 0.1) is 0 Å². The molecule has 0 atom stereocenters. The van der Waals surface area contributed by atoms with E-state index in [0.717, 1.165) is 28.9 Å². The topological polar surface area (TPSA) is 30.7 Å². The molecule has 3 nitrogen and oxygen atoms in total. The van der Waals surface area contributed by atoms with Crippen molar-refractivity contribution >= 4 is 23.4 Å². The molecule has 1 aliphatic carbocycles. The molecular formula is C15H18ClN3S. The summed E-state index contributed by atoms with van der Waals surface area (Å²) in [5.74, 6) is 2.71. The molecule has 20 heavy (non-hydrogen) atoms. The van der Waals surface area contributed by atoms with E-state index in [1.807, 2.05) is 18.2 Å². The van der Waals surface area contributed by atoms with Crippen molar-refractivity contribution in [3.63, 3.8) is 0 Å². The zero-order valence-electron chi connectivity index (χ0n) is 11.6. The lowest BCUT2D eigenvalue weighted by atomic mass is 10.2. The summed E-state index contributed by atoms with van der Waals surface area (Å²) < 4.78 is 2.30. The highest BCUT2D eigenvalue weighted by atomic mass is 35.5. The van der Waals surface area contributed by atoms with Gasteiger partial charge in [-0.1, -0.05) is 42.4 Å². The van der Waals surface area contributed by atoms with E-state index in [4.69, 9.17) is 11.6 Å². The number of hydrogen-bond donors (Lipinski definition) is 0. The van der Waals surface area contributed by atoms with Crippen LogP contribution in [0.25, 0.3) is 0 Å². The third kappa shape index (κ3) is 3.18. The molecule has 0 radical (unpaired) electrons. The van der Waals surface area contributed by atoms with Crippen LogP contribution in [-0.4, -0.2) is 14.8 Å². The highest BCUT2D eigenvalue weighted by molar-refractivity contribution is 7.98. The van der Waals surface area contributed by atoms with Crippen molar-refractivity contribution in [2.75, 3.05) is 0 Å². The van der Waals surface area contributed by atoms with Crippen molar-refractivity contribution in [3.8, 4) is 0 Å². The van der Waals surface area contributed by atoms with Crippen molar-refractivity contribution in [2.45, 2.75) is 49.6 Å². The van der Waals surface area contributed by atoms with Crippen molar-refractivity contribution in [1.29, 1.82) is 0 Å². The van der Waals surface area contributed by atoms with Crippen LogP contribution in [0.1, 0.15) is 43.5 Å². The summed E-state index contributed by atoms with van der Waals surface area (Å²) in [5, 5.41) is 10.6. The largest absolute Gasteiger partial charge is 0.306 e. The Kier molecular flexibility index (Phi) is 4.32. The summed E-state index contributed by atoms with van der Waals surface area (Å²) >= 11 is 7.76. The SMILES string of the molecule is CCCn1c(SCc2cccc(Cl)c2)nnc1C1CC1. The normalized spacial score (nSPS) is 14.7. The van der Waals surface area contributed by atoms with E-state index in [1.165, 1.54) is 24.2 Å². The molecule has 0 saturated heterocycles. The second-order valence-electron chi connectivity index (χ2n) is 5.19. The molecule has 0 unspecified atom stereocenters. The number of nitrogens with zero attached hydrogens (tertiary/aromatic N) is 3. The van der Waals surface area contributed by atoms with Crippen LogP contribution in [0.5, 0.6) is 0 Å². The van der Waals surface area contributed by atoms with E-state index in [1.54, 1.807) is 11.8 Å². The van der Waals surface area contributed by atoms with Gasteiger partial charge in [-0.15, -0.1) is 10.2 Å². The van der Waals surface area contributed by atoms with Crippen LogP contribution in [-0.2, 0) is 12.3 Å². The van der Waals surface area contributed by atoms with Crippen LogP contribution >= 0.6 is 23.4 Å². The van der Waals surface area contributed by atoms with Gasteiger partial charge in [0.05, 0.1) is 0 Å². The summed E-state index contributed by atoms with van der Waals surface area (Å²) in [7, 11) is 0. The predicted molar refractivity (Wildman–Crippen MR) is 83.3 cm³/mol. The van der Waals surface area contributed by atoms with Gasteiger partial charge in [-0.3, -0.25) is 0 Å². The van der Waals surface area contributed by atoms with Gasteiger partial charge in [-0.05, 0) is 37.0 Å². The van der Waals surface area contributed by atoms with E-state index in [9.17, 15) is 0 Å². The van der Waals surface area contributed by atoms with E-state index < -0.39 is 0 Å². The van der Waals surface area contributed by atoms with Crippen LogP contribution in [0.3, 0.4) is 0 Å². The molecule has 0 N–H and O–H groups in total. The lowest BCUT2D eigenvalue weighted by Crippen LogP contribution is -2.03. The van der Waals surface area contributed by atoms with Crippen molar-refractivity contribution in [1.82, 2.24) is 14.8 Å². The van der Waals surface area contributed by atoms with Gasteiger partial charge in [0.15, 0.2) is 5.16 Å². The van der Waals surface area contributed by atoms with Crippen LogP contribution < -0.4 is 0 Å². The van der Waals surface area contributed by atoms with E-state index in [0.29, 0.717) is 5.92 Å². The molecule has 0 spiro atoms. The first kappa shape index (κ1) is 14.0. The average Bonchev–Trinajstić information content (AvgIpc) is 3.20. The van der Waals surface area contributed by atoms with E-state index >= 15 is 0 Å². The maximum atomic E-state index is 6.02. The molecule has 1 fully saturated rings. The van der Waals surface area contributed by atoms with Gasteiger partial charge in [0.2, 0.25) is 0 Å². The lowest BCUT2D eigenvalue weighted by molar-refractivity contribution is 0.592. The standard InChI is InChI=1S/C15H18ClN3S/c1-2-8-19-14(12-6-7-12)17-18-15(19)20-10-11-4-3-5-13(16)9-11/h3-5,9,12H,2,6-8,10H2,1H3. The Bertz CT molecular complexity index is 593. The highest BCUT2D eigenvalue weighted by Gasteiger charge is 2.30. The van der Waals surface area contributed by atoms with Crippen LogP contribution in [0.4, 0.5) is 0 Å². The monoisotopic (exact) mass is 307 g/mol. The predicted octanol–water partition coefficient (Wildman–Crippen LogP) is 4.51. The fourth-order valence-corrected chi connectivity index (χ4v) is 3.39. The molecule has 1 heterocycles. The van der Waals surface area contributed by atoms with Gasteiger partial charge in [0.1, 0.15) is 5.82 Å². The first-order chi connectivity index (χ1) is 9.78. The Hall–Kier alpha value is -1.00. The second kappa shape index (κ2) is 6.19. The Labute approximate surface area is 128 Å². The maximum Gasteiger partial charge on any atom is 0.191 e. The minimum Gasteiger partial charge on any atom is -0.306 e. The molecule has 2 aromatic rings. The zero-order valence-corrected chi connectivity index (χ0v) is 13.1. The molecule has 0 aliphatic heterocycles. The summed E-state index contributed by atoms with van der Waals surface area (Å²) in [6.07, 6.45) is 3.64. The molecule has 5 heteroatoms. The van der Waals surface area contributed by atoms with Crippen LogP contribution in [0.15, 0.2) is 29.4 Å². The van der Waals surface area contributed by atoms with Gasteiger partial charge in [-0.2, -0.15) is 0 Å². The van der Waals surface area contributed by atoms with Crippen LogP contribution in [0.2, 0.25) is 5.02 Å². The van der Waals surface area contributed by atoms with Gasteiger partial charge in [0, 0.05) is 23.2 Å². The number of thioether (sulfide) groups is 1. The Morgan fingerprint density at radius 3 is 2.90 bits per heavy atom. The zero-order chi connectivity index (χ0) is 13.9. The summed E-state index contributed by atoms with van der Waals surface area (Å²) in [4.78, 5) is 0. The number of hydrogen-bond acceptors (Lipinski definition) is 3. The first-order valence-electron chi connectivity index (χ1n) is 7.08. The molecular weight excluding hydrogens is 290 g/mol.